The zero-order valence-electron chi connectivity index (χ0n) is 11.8. The van der Waals surface area contributed by atoms with Crippen LogP contribution in [0.25, 0.3) is 0 Å². The molecule has 1 heterocycles. The molecule has 2 aromatic rings. The number of hydrogen-bond donors (Lipinski definition) is 0. The van der Waals surface area contributed by atoms with E-state index in [0.29, 0.717) is 11.3 Å². The van der Waals surface area contributed by atoms with Crippen LogP contribution in [0.3, 0.4) is 0 Å². The maximum atomic E-state index is 12.7. The molecule has 3 nitrogen and oxygen atoms in total. The van der Waals surface area contributed by atoms with Crippen molar-refractivity contribution in [3.05, 3.63) is 63.1 Å². The summed E-state index contributed by atoms with van der Waals surface area (Å²) in [5, 5.41) is 0. The monoisotopic (exact) mass is 343 g/mol. The number of hydrogen-bond acceptors (Lipinski definition) is 2. The highest BCUT2D eigenvalue weighted by molar-refractivity contribution is 9.10. The van der Waals surface area contributed by atoms with Crippen molar-refractivity contribution in [2.45, 2.75) is 20.3 Å². The zero-order chi connectivity index (χ0) is 15.1. The quantitative estimate of drug-likeness (QED) is 0.738. The molecule has 0 N–H and O–H groups in total. The van der Waals surface area contributed by atoms with E-state index in [9.17, 15) is 9.59 Å². The van der Waals surface area contributed by atoms with E-state index in [2.05, 4.69) is 15.9 Å². The van der Waals surface area contributed by atoms with Crippen LogP contribution in [0, 0.1) is 13.8 Å². The van der Waals surface area contributed by atoms with Gasteiger partial charge in [-0.2, -0.15) is 0 Å². The molecule has 0 aliphatic carbocycles. The maximum absolute atomic E-state index is 12.7. The number of rotatable bonds is 1. The van der Waals surface area contributed by atoms with E-state index in [4.69, 9.17) is 0 Å². The molecule has 106 valence electrons. The summed E-state index contributed by atoms with van der Waals surface area (Å²) in [6.45, 7) is 3.82. The van der Waals surface area contributed by atoms with Gasteiger partial charge in [0.25, 0.3) is 5.91 Å². The Morgan fingerprint density at radius 3 is 2.33 bits per heavy atom. The molecular formula is C17H14BrNO2. The van der Waals surface area contributed by atoms with E-state index in [1.807, 2.05) is 44.2 Å². The Bertz CT molecular complexity index is 744. The number of imide groups is 1. The van der Waals surface area contributed by atoms with Gasteiger partial charge in [-0.15, -0.1) is 0 Å². The Morgan fingerprint density at radius 2 is 1.67 bits per heavy atom. The molecule has 0 spiro atoms. The van der Waals surface area contributed by atoms with Gasteiger partial charge >= 0.3 is 0 Å². The highest BCUT2D eigenvalue weighted by atomic mass is 79.9. The molecule has 1 aliphatic rings. The van der Waals surface area contributed by atoms with E-state index >= 15 is 0 Å². The predicted molar refractivity (Wildman–Crippen MR) is 85.6 cm³/mol. The predicted octanol–water partition coefficient (Wildman–Crippen LogP) is 3.80. The molecule has 0 saturated carbocycles. The number of halogens is 1. The van der Waals surface area contributed by atoms with Crippen molar-refractivity contribution in [3.63, 3.8) is 0 Å². The number of carbonyl (C=O) groups excluding carboxylic acids is 2. The molecule has 3 rings (SSSR count). The summed E-state index contributed by atoms with van der Waals surface area (Å²) in [4.78, 5) is 26.5. The Morgan fingerprint density at radius 1 is 1.05 bits per heavy atom. The lowest BCUT2D eigenvalue weighted by Gasteiger charge is -2.29. The van der Waals surface area contributed by atoms with Gasteiger partial charge in [-0.1, -0.05) is 34.1 Å². The van der Waals surface area contributed by atoms with Crippen LogP contribution in [-0.2, 0) is 11.2 Å². The van der Waals surface area contributed by atoms with E-state index < -0.39 is 0 Å². The van der Waals surface area contributed by atoms with Crippen LogP contribution in [0.1, 0.15) is 27.0 Å². The Labute approximate surface area is 131 Å². The third kappa shape index (κ3) is 2.29. The Kier molecular flexibility index (Phi) is 3.41. The molecule has 0 fully saturated rings. The topological polar surface area (TPSA) is 37.4 Å². The molecule has 0 bridgehead atoms. The minimum Gasteiger partial charge on any atom is -0.274 e. The van der Waals surface area contributed by atoms with Crippen molar-refractivity contribution in [3.8, 4) is 0 Å². The molecule has 2 amide bonds. The summed E-state index contributed by atoms with van der Waals surface area (Å²) in [6, 6.07) is 11.1. The Balaban J connectivity index is 2.17. The minimum atomic E-state index is -0.240. The zero-order valence-corrected chi connectivity index (χ0v) is 13.4. The van der Waals surface area contributed by atoms with Gasteiger partial charge in [-0.25, -0.2) is 4.90 Å². The van der Waals surface area contributed by atoms with Crippen LogP contribution in [-0.4, -0.2) is 11.8 Å². The lowest BCUT2D eigenvalue weighted by molar-refractivity contribution is -0.117. The van der Waals surface area contributed by atoms with Gasteiger partial charge in [-0.3, -0.25) is 9.59 Å². The third-order valence-corrected chi connectivity index (χ3v) is 4.18. The number of benzene rings is 2. The molecule has 4 heteroatoms. The lowest BCUT2D eigenvalue weighted by atomic mass is 9.96. The fourth-order valence-electron chi connectivity index (χ4n) is 2.84. The van der Waals surface area contributed by atoms with Gasteiger partial charge in [0, 0.05) is 10.0 Å². The molecule has 0 aromatic heterocycles. The van der Waals surface area contributed by atoms with Gasteiger partial charge < -0.3 is 0 Å². The maximum Gasteiger partial charge on any atom is 0.265 e. The third-order valence-electron chi connectivity index (χ3n) is 3.72. The fourth-order valence-corrected chi connectivity index (χ4v) is 3.53. The van der Waals surface area contributed by atoms with Gasteiger partial charge in [0.05, 0.1) is 12.1 Å². The standard InChI is InChI=1S/C17H14BrNO2/c1-10-7-13(18)8-11(2)16(10)19-15(20)9-12-5-3-4-6-14(12)17(19)21/h3-8H,9H2,1-2H3. The van der Waals surface area contributed by atoms with E-state index in [1.165, 1.54) is 4.90 Å². The molecule has 0 unspecified atom stereocenters. The lowest BCUT2D eigenvalue weighted by Crippen LogP contribution is -2.43. The second-order valence-electron chi connectivity index (χ2n) is 5.26. The minimum absolute atomic E-state index is 0.174. The van der Waals surface area contributed by atoms with E-state index in [-0.39, 0.29) is 18.2 Å². The van der Waals surface area contributed by atoms with Crippen LogP contribution in [0.2, 0.25) is 0 Å². The summed E-state index contributed by atoms with van der Waals surface area (Å²) < 4.78 is 0.943. The normalized spacial score (nSPS) is 14.3. The smallest absolute Gasteiger partial charge is 0.265 e. The molecule has 1 aliphatic heterocycles. The van der Waals surface area contributed by atoms with Crippen LogP contribution < -0.4 is 4.90 Å². The molecule has 0 radical (unpaired) electrons. The van der Waals surface area contributed by atoms with Crippen molar-refractivity contribution in [2.75, 3.05) is 4.90 Å². The van der Waals surface area contributed by atoms with Crippen LogP contribution in [0.4, 0.5) is 5.69 Å². The largest absolute Gasteiger partial charge is 0.274 e. The first-order valence-corrected chi connectivity index (χ1v) is 7.50. The number of carbonyl (C=O) groups is 2. The van der Waals surface area contributed by atoms with Crippen molar-refractivity contribution in [1.82, 2.24) is 0 Å². The highest BCUT2D eigenvalue weighted by Crippen LogP contribution is 2.32. The van der Waals surface area contributed by atoms with Gasteiger partial charge in [0.1, 0.15) is 0 Å². The summed E-state index contributed by atoms with van der Waals surface area (Å²) in [7, 11) is 0. The summed E-state index contributed by atoms with van der Waals surface area (Å²) in [6.07, 6.45) is 0.261. The number of nitrogens with zero attached hydrogens (tertiary/aromatic N) is 1. The van der Waals surface area contributed by atoms with Crippen molar-refractivity contribution >= 4 is 33.4 Å². The van der Waals surface area contributed by atoms with Gasteiger partial charge in [-0.05, 0) is 48.7 Å². The van der Waals surface area contributed by atoms with Crippen LogP contribution in [0.5, 0.6) is 0 Å². The summed E-state index contributed by atoms with van der Waals surface area (Å²) in [5.41, 5.74) is 3.92. The van der Waals surface area contributed by atoms with Crippen molar-refractivity contribution in [2.24, 2.45) is 0 Å². The molecular weight excluding hydrogens is 330 g/mol. The second kappa shape index (κ2) is 5.11. The van der Waals surface area contributed by atoms with Crippen molar-refractivity contribution in [1.29, 1.82) is 0 Å². The van der Waals surface area contributed by atoms with Gasteiger partial charge in [0.15, 0.2) is 0 Å². The Hall–Kier alpha value is -1.94. The molecule has 0 atom stereocenters. The van der Waals surface area contributed by atoms with Crippen LogP contribution in [0.15, 0.2) is 40.9 Å². The van der Waals surface area contributed by atoms with Gasteiger partial charge in [0.2, 0.25) is 5.91 Å². The molecule has 0 saturated heterocycles. The fraction of sp³-hybridized carbons (Fsp3) is 0.176. The van der Waals surface area contributed by atoms with Crippen molar-refractivity contribution < 1.29 is 9.59 Å². The van der Waals surface area contributed by atoms with E-state index in [1.54, 1.807) is 6.07 Å². The first kappa shape index (κ1) is 14.0. The number of fused-ring (bicyclic) bond motifs is 1. The average molecular weight is 344 g/mol. The summed E-state index contributed by atoms with van der Waals surface area (Å²) in [5.74, 6) is -0.414. The van der Waals surface area contributed by atoms with E-state index in [0.717, 1.165) is 21.2 Å². The highest BCUT2D eigenvalue weighted by Gasteiger charge is 2.33. The number of aryl methyl sites for hydroxylation is 2. The molecule has 21 heavy (non-hydrogen) atoms. The SMILES string of the molecule is Cc1cc(Br)cc(C)c1N1C(=O)Cc2ccccc2C1=O. The first-order valence-electron chi connectivity index (χ1n) is 6.71. The second-order valence-corrected chi connectivity index (χ2v) is 6.17. The number of anilines is 1. The molecule has 2 aromatic carbocycles. The first-order chi connectivity index (χ1) is 9.99. The van der Waals surface area contributed by atoms with Crippen LogP contribution >= 0.6 is 15.9 Å². The average Bonchev–Trinajstić information content (AvgIpc) is 2.41. The number of amides is 2. The summed E-state index contributed by atoms with van der Waals surface area (Å²) >= 11 is 3.44.